The van der Waals surface area contributed by atoms with E-state index in [0.29, 0.717) is 23.6 Å². The van der Waals surface area contributed by atoms with E-state index in [-0.39, 0.29) is 11.4 Å². The Kier molecular flexibility index (Phi) is 5.75. The summed E-state index contributed by atoms with van der Waals surface area (Å²) in [6, 6.07) is 6.95. The maximum absolute atomic E-state index is 12.4. The minimum atomic E-state index is -0.483. The van der Waals surface area contributed by atoms with Gasteiger partial charge in [-0.2, -0.15) is 0 Å². The number of H-pyrrole nitrogens is 1. The third-order valence-corrected chi connectivity index (χ3v) is 4.74. The van der Waals surface area contributed by atoms with Crippen molar-refractivity contribution in [1.82, 2.24) is 20.2 Å². The first-order chi connectivity index (χ1) is 12.5. The van der Waals surface area contributed by atoms with Crippen LogP contribution >= 0.6 is 23.4 Å². The molecule has 1 aliphatic heterocycles. The Hall–Kier alpha value is -2.58. The largest absolute Gasteiger partial charge is 0.354 e. The number of nitrogens with zero attached hydrogens (tertiary/aromatic N) is 2. The van der Waals surface area contributed by atoms with Gasteiger partial charge in [-0.25, -0.2) is 4.98 Å². The molecule has 0 radical (unpaired) electrons. The molecule has 7 nitrogen and oxygen atoms in total. The lowest BCUT2D eigenvalue weighted by molar-refractivity contribution is -0.129. The third kappa shape index (κ3) is 4.53. The van der Waals surface area contributed by atoms with E-state index in [1.165, 1.54) is 0 Å². The van der Waals surface area contributed by atoms with Crippen LogP contribution in [-0.4, -0.2) is 45.0 Å². The van der Waals surface area contributed by atoms with Crippen molar-refractivity contribution in [2.75, 3.05) is 13.1 Å². The lowest BCUT2D eigenvalue weighted by atomic mass is 10.2. The second kappa shape index (κ2) is 8.20. The van der Waals surface area contributed by atoms with Crippen molar-refractivity contribution < 1.29 is 14.4 Å². The van der Waals surface area contributed by atoms with Crippen LogP contribution in [0.15, 0.2) is 41.7 Å². The number of nitrogens with one attached hydrogen (secondary N) is 2. The minimum absolute atomic E-state index is 0.266. The normalized spacial score (nSPS) is 15.7. The number of halogens is 1. The van der Waals surface area contributed by atoms with Gasteiger partial charge in [-0.1, -0.05) is 23.7 Å². The molecule has 9 heteroatoms. The Morgan fingerprint density at radius 3 is 2.96 bits per heavy atom. The number of aromatic amines is 1. The standard InChI is InChI=1S/C17H15ClN4O3S/c18-12-3-1-2-11(6-12)7-14-16(24)22(17(25)26-14)9-15(23)20-5-4-13-8-19-10-21-13/h1-3,6-8,10H,4-5,9H2,(H,19,21)(H,20,23). The van der Waals surface area contributed by atoms with Gasteiger partial charge in [0.15, 0.2) is 0 Å². The summed E-state index contributed by atoms with van der Waals surface area (Å²) in [5, 5.41) is 2.75. The molecule has 0 saturated carbocycles. The highest BCUT2D eigenvalue weighted by molar-refractivity contribution is 8.18. The van der Waals surface area contributed by atoms with Gasteiger partial charge >= 0.3 is 0 Å². The second-order valence-electron chi connectivity index (χ2n) is 5.50. The Balaban J connectivity index is 1.57. The molecule has 1 aliphatic rings. The zero-order chi connectivity index (χ0) is 18.5. The minimum Gasteiger partial charge on any atom is -0.354 e. The summed E-state index contributed by atoms with van der Waals surface area (Å²) in [4.78, 5) is 44.5. The van der Waals surface area contributed by atoms with Crippen LogP contribution in [0.3, 0.4) is 0 Å². The van der Waals surface area contributed by atoms with Crippen LogP contribution in [0.2, 0.25) is 5.02 Å². The van der Waals surface area contributed by atoms with Crippen molar-refractivity contribution >= 4 is 46.5 Å². The summed E-state index contributed by atoms with van der Waals surface area (Å²) in [6.45, 7) is 0.0795. The fraction of sp³-hybridized carbons (Fsp3) is 0.176. The zero-order valence-corrected chi connectivity index (χ0v) is 15.1. The predicted molar refractivity (Wildman–Crippen MR) is 99.4 cm³/mol. The van der Waals surface area contributed by atoms with Crippen LogP contribution in [-0.2, 0) is 16.0 Å². The van der Waals surface area contributed by atoms with E-state index in [0.717, 1.165) is 22.4 Å². The molecule has 0 spiro atoms. The number of carbonyl (C=O) groups excluding carboxylic acids is 3. The average Bonchev–Trinajstić information content (AvgIpc) is 3.19. The topological polar surface area (TPSA) is 95.2 Å². The van der Waals surface area contributed by atoms with Crippen molar-refractivity contribution in [2.45, 2.75) is 6.42 Å². The van der Waals surface area contributed by atoms with Gasteiger partial charge in [0.05, 0.1) is 11.2 Å². The molecule has 1 fully saturated rings. The van der Waals surface area contributed by atoms with E-state index in [4.69, 9.17) is 11.6 Å². The van der Waals surface area contributed by atoms with Crippen molar-refractivity contribution in [3.05, 3.63) is 58.0 Å². The molecule has 26 heavy (non-hydrogen) atoms. The van der Waals surface area contributed by atoms with Gasteiger partial charge in [0.2, 0.25) is 5.91 Å². The van der Waals surface area contributed by atoms with Crippen LogP contribution in [0.1, 0.15) is 11.3 Å². The van der Waals surface area contributed by atoms with Gasteiger partial charge in [0.25, 0.3) is 11.1 Å². The lowest BCUT2D eigenvalue weighted by Crippen LogP contribution is -2.40. The lowest BCUT2D eigenvalue weighted by Gasteiger charge is -2.12. The molecular weight excluding hydrogens is 376 g/mol. The second-order valence-corrected chi connectivity index (χ2v) is 6.93. The fourth-order valence-electron chi connectivity index (χ4n) is 2.34. The SMILES string of the molecule is O=C(CN1C(=O)SC(=Cc2cccc(Cl)c2)C1=O)NCCc1cnc[nH]1. The van der Waals surface area contributed by atoms with Crippen molar-refractivity contribution in [1.29, 1.82) is 0 Å². The highest BCUT2D eigenvalue weighted by atomic mass is 35.5. The number of hydrogen-bond acceptors (Lipinski definition) is 5. The fourth-order valence-corrected chi connectivity index (χ4v) is 3.38. The summed E-state index contributed by atoms with van der Waals surface area (Å²) < 4.78 is 0. The molecule has 0 bridgehead atoms. The van der Waals surface area contributed by atoms with Crippen LogP contribution in [0.25, 0.3) is 6.08 Å². The van der Waals surface area contributed by atoms with Gasteiger partial charge in [0, 0.05) is 29.9 Å². The molecular formula is C17H15ClN4O3S. The van der Waals surface area contributed by atoms with Gasteiger partial charge in [-0.3, -0.25) is 19.3 Å². The zero-order valence-electron chi connectivity index (χ0n) is 13.6. The molecule has 1 saturated heterocycles. The molecule has 1 aromatic heterocycles. The number of benzene rings is 1. The summed E-state index contributed by atoms with van der Waals surface area (Å²) in [5.74, 6) is -0.875. The molecule has 3 rings (SSSR count). The predicted octanol–water partition coefficient (Wildman–Crippen LogP) is 2.46. The summed E-state index contributed by atoms with van der Waals surface area (Å²) in [6.07, 6.45) is 5.40. The summed E-state index contributed by atoms with van der Waals surface area (Å²) >= 11 is 6.73. The van der Waals surface area contributed by atoms with Gasteiger partial charge in [-0.15, -0.1) is 0 Å². The molecule has 3 amide bonds. The van der Waals surface area contributed by atoms with E-state index < -0.39 is 17.1 Å². The Labute approximate surface area is 158 Å². The molecule has 0 atom stereocenters. The van der Waals surface area contributed by atoms with Crippen LogP contribution in [0, 0.1) is 0 Å². The maximum atomic E-state index is 12.4. The van der Waals surface area contributed by atoms with Crippen molar-refractivity contribution in [3.63, 3.8) is 0 Å². The average molecular weight is 391 g/mol. The smallest absolute Gasteiger partial charge is 0.294 e. The number of imide groups is 1. The number of amides is 3. The summed E-state index contributed by atoms with van der Waals surface area (Å²) in [7, 11) is 0. The molecule has 2 aromatic rings. The van der Waals surface area contributed by atoms with Crippen LogP contribution < -0.4 is 5.32 Å². The first kappa shape index (κ1) is 18.2. The van der Waals surface area contributed by atoms with E-state index in [2.05, 4.69) is 15.3 Å². The highest BCUT2D eigenvalue weighted by Gasteiger charge is 2.36. The van der Waals surface area contributed by atoms with Crippen LogP contribution in [0.5, 0.6) is 0 Å². The van der Waals surface area contributed by atoms with Crippen molar-refractivity contribution in [3.8, 4) is 0 Å². The van der Waals surface area contributed by atoms with Gasteiger partial charge in [0.1, 0.15) is 6.54 Å². The van der Waals surface area contributed by atoms with Crippen molar-refractivity contribution in [2.24, 2.45) is 0 Å². The van der Waals surface area contributed by atoms with Gasteiger partial charge in [-0.05, 0) is 35.5 Å². The molecule has 2 N–H and O–H groups in total. The monoisotopic (exact) mass is 390 g/mol. The first-order valence-electron chi connectivity index (χ1n) is 7.78. The number of carbonyl (C=O) groups is 3. The third-order valence-electron chi connectivity index (χ3n) is 3.59. The molecule has 1 aromatic carbocycles. The maximum Gasteiger partial charge on any atom is 0.294 e. The summed E-state index contributed by atoms with van der Waals surface area (Å²) in [5.41, 5.74) is 1.60. The Morgan fingerprint density at radius 2 is 2.23 bits per heavy atom. The molecule has 2 heterocycles. The van der Waals surface area contributed by atoms with Gasteiger partial charge < -0.3 is 10.3 Å². The molecule has 134 valence electrons. The number of rotatable bonds is 6. The number of aromatic nitrogens is 2. The number of thioether (sulfide) groups is 1. The van der Waals surface area contributed by atoms with Crippen LogP contribution in [0.4, 0.5) is 4.79 Å². The van der Waals surface area contributed by atoms with E-state index in [1.54, 1.807) is 42.9 Å². The number of imidazole rings is 1. The Bertz CT molecular complexity index is 867. The molecule has 0 unspecified atom stereocenters. The number of hydrogen-bond donors (Lipinski definition) is 2. The molecule has 0 aliphatic carbocycles. The van der Waals surface area contributed by atoms with E-state index >= 15 is 0 Å². The van der Waals surface area contributed by atoms with E-state index in [1.807, 2.05) is 0 Å². The Morgan fingerprint density at radius 1 is 1.38 bits per heavy atom. The van der Waals surface area contributed by atoms with E-state index in [9.17, 15) is 14.4 Å². The highest BCUT2D eigenvalue weighted by Crippen LogP contribution is 2.32. The quantitative estimate of drug-likeness (QED) is 0.739. The first-order valence-corrected chi connectivity index (χ1v) is 8.97.